The van der Waals surface area contributed by atoms with Gasteiger partial charge in [0.25, 0.3) is 15.9 Å². The molecule has 6 nitrogen and oxygen atoms in total. The Balaban J connectivity index is 4.12. The highest BCUT2D eigenvalue weighted by Gasteiger charge is 2.61. The molecular formula is C10H13F6N2O4S2+. The summed E-state index contributed by atoms with van der Waals surface area (Å²) < 4.78 is 124. The second-order valence-corrected chi connectivity index (χ2v) is 8.48. The first-order chi connectivity index (χ1) is 10.5. The third-order valence-electron chi connectivity index (χ3n) is 3.17. The molecule has 0 spiro atoms. The lowest BCUT2D eigenvalue weighted by molar-refractivity contribution is -0.715. The van der Waals surface area contributed by atoms with E-state index in [0.29, 0.717) is 4.57 Å². The van der Waals surface area contributed by atoms with Crippen LogP contribution in [0.25, 0.3) is 0 Å². The molecule has 1 aromatic heterocycles. The van der Waals surface area contributed by atoms with Crippen LogP contribution in [0.2, 0.25) is 0 Å². The highest BCUT2D eigenvalue weighted by molar-refractivity contribution is 7.95. The summed E-state index contributed by atoms with van der Waals surface area (Å²) in [5, 5.41) is -3.90. The van der Waals surface area contributed by atoms with Crippen molar-refractivity contribution in [1.82, 2.24) is 4.57 Å². The summed E-state index contributed by atoms with van der Waals surface area (Å²) in [6.07, 6.45) is 0.0569. The van der Waals surface area contributed by atoms with Gasteiger partial charge in [-0.3, -0.25) is 0 Å². The number of nitrogens with zero attached hydrogens (tertiary/aromatic N) is 2. The smallest absolute Gasteiger partial charge is 0.220 e. The van der Waals surface area contributed by atoms with Crippen molar-refractivity contribution in [2.24, 2.45) is 7.05 Å². The topological polar surface area (TPSA) is 77.1 Å². The van der Waals surface area contributed by atoms with Gasteiger partial charge in [-0.2, -0.15) is 26.3 Å². The zero-order chi connectivity index (χ0) is 19.3. The van der Waals surface area contributed by atoms with Crippen molar-refractivity contribution in [3.8, 4) is 0 Å². The Bertz CT molecular complexity index is 849. The number of sulfone groups is 2. The minimum Gasteiger partial charge on any atom is -0.220 e. The van der Waals surface area contributed by atoms with Crippen LogP contribution in [-0.2, 0) is 33.3 Å². The maximum absolute atomic E-state index is 12.9. The third-order valence-corrected chi connectivity index (χ3v) is 6.42. The van der Waals surface area contributed by atoms with Crippen LogP contribution >= 0.6 is 0 Å². The average Bonchev–Trinajstić information content (AvgIpc) is 2.62. The monoisotopic (exact) mass is 403 g/mol. The number of rotatable bonds is 4. The molecule has 0 amide bonds. The Morgan fingerprint density at radius 3 is 1.71 bits per heavy atom. The molecule has 1 heterocycles. The maximum Gasteiger partial charge on any atom is 0.505 e. The molecular weight excluding hydrogens is 390 g/mol. The molecule has 14 heteroatoms. The highest BCUT2D eigenvalue weighted by Crippen LogP contribution is 2.38. The lowest BCUT2D eigenvalue weighted by Crippen LogP contribution is -2.41. The number of hydrogen-bond donors (Lipinski definition) is 0. The SMILES string of the molecule is CCCn1c(S(=O)(=O)C(F)(F)F)c(S(=O)(=O)C(F)(F)F)[n+](C)c1C. The normalized spacial score (nSPS) is 14.2. The lowest BCUT2D eigenvalue weighted by Gasteiger charge is -2.10. The summed E-state index contributed by atoms with van der Waals surface area (Å²) in [5.74, 6) is -0.387. The van der Waals surface area contributed by atoms with Crippen molar-refractivity contribution < 1.29 is 47.7 Å². The fraction of sp³-hybridized carbons (Fsp3) is 0.700. The van der Waals surface area contributed by atoms with Gasteiger partial charge in [-0.15, -0.1) is 0 Å². The van der Waals surface area contributed by atoms with Crippen LogP contribution < -0.4 is 4.57 Å². The second-order valence-electron chi connectivity index (χ2n) is 4.77. The third kappa shape index (κ3) is 3.00. The van der Waals surface area contributed by atoms with Gasteiger partial charge in [0.2, 0.25) is 0 Å². The summed E-state index contributed by atoms with van der Waals surface area (Å²) in [7, 11) is -11.9. The molecule has 0 atom stereocenters. The van der Waals surface area contributed by atoms with Crippen molar-refractivity contribution in [1.29, 1.82) is 0 Å². The molecule has 0 bridgehead atoms. The zero-order valence-electron chi connectivity index (χ0n) is 12.5. The van der Waals surface area contributed by atoms with Crippen LogP contribution in [-0.4, -0.2) is 32.4 Å². The van der Waals surface area contributed by atoms with E-state index >= 15 is 0 Å². The van der Waals surface area contributed by atoms with Crippen molar-refractivity contribution in [2.45, 2.75) is 47.9 Å². The molecule has 24 heavy (non-hydrogen) atoms. The molecule has 0 aliphatic heterocycles. The van der Waals surface area contributed by atoms with Crippen molar-refractivity contribution in [2.75, 3.05) is 0 Å². The molecule has 0 aliphatic rings. The van der Waals surface area contributed by atoms with Crippen LogP contribution in [0.4, 0.5) is 26.3 Å². The van der Waals surface area contributed by atoms with Gasteiger partial charge in [0.1, 0.15) is 0 Å². The standard InChI is InChI=1S/C10H13F6N2O4S2/c1-4-5-18-6(2)17(3)7(23(19,20)9(11,12)13)8(18)24(21,22)10(14,15)16/h4-5H2,1-3H3/q+1. The van der Waals surface area contributed by atoms with Gasteiger partial charge in [0, 0.05) is 6.92 Å². The fourth-order valence-corrected chi connectivity index (χ4v) is 4.81. The average molecular weight is 403 g/mol. The summed E-state index contributed by atoms with van der Waals surface area (Å²) in [5.41, 5.74) is -11.9. The Morgan fingerprint density at radius 1 is 0.958 bits per heavy atom. The number of aromatic nitrogens is 2. The second kappa shape index (κ2) is 5.89. The van der Waals surface area contributed by atoms with Gasteiger partial charge < -0.3 is 0 Å². The highest BCUT2D eigenvalue weighted by atomic mass is 32.2. The maximum atomic E-state index is 12.9. The summed E-state index contributed by atoms with van der Waals surface area (Å²) in [6.45, 7) is 2.03. The number of alkyl halides is 6. The molecule has 0 unspecified atom stereocenters. The number of imidazole rings is 1. The van der Waals surface area contributed by atoms with Crippen molar-refractivity contribution in [3.05, 3.63) is 5.82 Å². The molecule has 0 radical (unpaired) electrons. The fourth-order valence-electron chi connectivity index (χ4n) is 2.00. The van der Waals surface area contributed by atoms with E-state index in [2.05, 4.69) is 0 Å². The van der Waals surface area contributed by atoms with Gasteiger partial charge in [-0.05, 0) is 6.42 Å². The van der Waals surface area contributed by atoms with Gasteiger partial charge in [0.05, 0.1) is 13.6 Å². The van der Waals surface area contributed by atoms with E-state index in [1.807, 2.05) is 0 Å². The van der Waals surface area contributed by atoms with Crippen LogP contribution in [0.1, 0.15) is 19.2 Å². The Morgan fingerprint density at radius 2 is 1.38 bits per heavy atom. The lowest BCUT2D eigenvalue weighted by atomic mass is 10.5. The summed E-state index contributed by atoms with van der Waals surface area (Å²) in [4.78, 5) is 0. The Kier molecular flexibility index (Phi) is 5.09. The number of halogens is 6. The zero-order valence-corrected chi connectivity index (χ0v) is 14.2. The van der Waals surface area contributed by atoms with E-state index in [-0.39, 0.29) is 16.8 Å². The summed E-state index contributed by atoms with van der Waals surface area (Å²) >= 11 is 0. The van der Waals surface area contributed by atoms with Gasteiger partial charge >= 0.3 is 30.7 Å². The number of hydrogen-bond acceptors (Lipinski definition) is 4. The van der Waals surface area contributed by atoms with E-state index in [1.165, 1.54) is 6.92 Å². The van der Waals surface area contributed by atoms with Crippen molar-refractivity contribution >= 4 is 19.7 Å². The predicted molar refractivity (Wildman–Crippen MR) is 67.1 cm³/mol. The van der Waals surface area contributed by atoms with E-state index in [1.54, 1.807) is 0 Å². The minimum atomic E-state index is -6.34. The first-order valence-electron chi connectivity index (χ1n) is 6.23. The molecule has 0 aromatic carbocycles. The van der Waals surface area contributed by atoms with E-state index in [0.717, 1.165) is 14.0 Å². The molecule has 0 fully saturated rings. The molecule has 1 aromatic rings. The van der Waals surface area contributed by atoms with Crippen LogP contribution in [0, 0.1) is 6.92 Å². The van der Waals surface area contributed by atoms with Gasteiger partial charge in [-0.25, -0.2) is 26.0 Å². The van der Waals surface area contributed by atoms with E-state index < -0.39 is 47.3 Å². The molecule has 140 valence electrons. The Hall–Kier alpha value is -1.31. The first-order valence-corrected chi connectivity index (χ1v) is 9.20. The van der Waals surface area contributed by atoms with Crippen LogP contribution in [0.15, 0.2) is 10.1 Å². The first kappa shape index (κ1) is 20.7. The molecule has 0 N–H and O–H groups in total. The van der Waals surface area contributed by atoms with E-state index in [4.69, 9.17) is 0 Å². The van der Waals surface area contributed by atoms with Crippen molar-refractivity contribution in [3.63, 3.8) is 0 Å². The largest absolute Gasteiger partial charge is 0.505 e. The predicted octanol–water partition coefficient (Wildman–Crippen LogP) is 1.62. The summed E-state index contributed by atoms with van der Waals surface area (Å²) in [6, 6.07) is 0. The van der Waals surface area contributed by atoms with Gasteiger partial charge in [0.15, 0.2) is 0 Å². The quantitative estimate of drug-likeness (QED) is 0.566. The van der Waals surface area contributed by atoms with Crippen LogP contribution in [0.5, 0.6) is 0 Å². The molecule has 0 saturated carbocycles. The molecule has 1 rings (SSSR count). The molecule has 0 saturated heterocycles. The van der Waals surface area contributed by atoms with Gasteiger partial charge in [-0.1, -0.05) is 6.92 Å². The van der Waals surface area contributed by atoms with E-state index in [9.17, 15) is 43.2 Å². The molecule has 0 aliphatic carbocycles. The van der Waals surface area contributed by atoms with Crippen LogP contribution in [0.3, 0.4) is 0 Å². The minimum absolute atomic E-state index is 0.0569. The Labute approximate surface area is 133 Å².